The molecule has 1 aromatic rings. The van der Waals surface area contributed by atoms with E-state index in [2.05, 4.69) is 38.0 Å². The van der Waals surface area contributed by atoms with E-state index in [1.54, 1.807) is 0 Å². The van der Waals surface area contributed by atoms with Crippen LogP contribution in [0.4, 0.5) is 0 Å². The van der Waals surface area contributed by atoms with Crippen molar-refractivity contribution >= 4 is 0 Å². The molecule has 102 valence electrons. The van der Waals surface area contributed by atoms with E-state index in [0.717, 1.165) is 25.5 Å². The summed E-state index contributed by atoms with van der Waals surface area (Å²) < 4.78 is 5.64. The molecule has 0 unspecified atom stereocenters. The Hall–Kier alpha value is -1.09. The van der Waals surface area contributed by atoms with E-state index in [9.17, 15) is 0 Å². The van der Waals surface area contributed by atoms with Crippen LogP contribution < -0.4 is 10.1 Å². The van der Waals surface area contributed by atoms with E-state index < -0.39 is 0 Å². The van der Waals surface area contributed by atoms with Gasteiger partial charge in [0.2, 0.25) is 5.88 Å². The SMILES string of the molecule is CCCCCOc1cc(CNC(C)(C)C)ccn1. The largest absolute Gasteiger partial charge is 0.478 e. The summed E-state index contributed by atoms with van der Waals surface area (Å²) in [4.78, 5) is 4.23. The topological polar surface area (TPSA) is 34.1 Å². The van der Waals surface area contributed by atoms with Gasteiger partial charge >= 0.3 is 0 Å². The predicted octanol–water partition coefficient (Wildman–Crippen LogP) is 3.54. The van der Waals surface area contributed by atoms with Crippen molar-refractivity contribution in [2.75, 3.05) is 6.61 Å². The third kappa shape index (κ3) is 6.60. The van der Waals surface area contributed by atoms with Crippen LogP contribution in [0.1, 0.15) is 52.5 Å². The van der Waals surface area contributed by atoms with E-state index in [1.807, 2.05) is 18.3 Å². The Morgan fingerprint density at radius 1 is 1.28 bits per heavy atom. The molecule has 0 aliphatic rings. The number of unbranched alkanes of at least 4 members (excludes halogenated alkanes) is 2. The van der Waals surface area contributed by atoms with Crippen LogP contribution in [0.5, 0.6) is 5.88 Å². The van der Waals surface area contributed by atoms with Gasteiger partial charge in [0.1, 0.15) is 0 Å². The van der Waals surface area contributed by atoms with E-state index >= 15 is 0 Å². The van der Waals surface area contributed by atoms with Crippen molar-refractivity contribution in [3.63, 3.8) is 0 Å². The summed E-state index contributed by atoms with van der Waals surface area (Å²) in [5, 5.41) is 3.46. The van der Waals surface area contributed by atoms with E-state index in [-0.39, 0.29) is 5.54 Å². The van der Waals surface area contributed by atoms with Gasteiger partial charge in [-0.3, -0.25) is 0 Å². The average Bonchev–Trinajstić information content (AvgIpc) is 2.32. The number of hydrogen-bond acceptors (Lipinski definition) is 3. The highest BCUT2D eigenvalue weighted by Crippen LogP contribution is 2.11. The molecule has 0 bridgehead atoms. The lowest BCUT2D eigenvalue weighted by Crippen LogP contribution is -2.35. The summed E-state index contributed by atoms with van der Waals surface area (Å²) in [5.74, 6) is 0.735. The van der Waals surface area contributed by atoms with Gasteiger partial charge in [0.05, 0.1) is 6.61 Å². The summed E-state index contributed by atoms with van der Waals surface area (Å²) in [6.45, 7) is 10.3. The molecule has 0 aliphatic carbocycles. The first kappa shape index (κ1) is 15.0. The van der Waals surface area contributed by atoms with Gasteiger partial charge in [-0.1, -0.05) is 19.8 Å². The molecule has 3 heteroatoms. The van der Waals surface area contributed by atoms with Crippen LogP contribution in [0.3, 0.4) is 0 Å². The van der Waals surface area contributed by atoms with Gasteiger partial charge in [-0.05, 0) is 38.8 Å². The number of rotatable bonds is 7. The van der Waals surface area contributed by atoms with E-state index in [0.29, 0.717) is 0 Å². The van der Waals surface area contributed by atoms with Gasteiger partial charge in [-0.15, -0.1) is 0 Å². The van der Waals surface area contributed by atoms with Crippen LogP contribution in [-0.2, 0) is 6.54 Å². The highest BCUT2D eigenvalue weighted by molar-refractivity contribution is 5.20. The number of nitrogens with one attached hydrogen (secondary N) is 1. The third-order valence-corrected chi connectivity index (χ3v) is 2.62. The zero-order valence-corrected chi connectivity index (χ0v) is 12.1. The van der Waals surface area contributed by atoms with Gasteiger partial charge in [0.25, 0.3) is 0 Å². The molecule has 3 nitrogen and oxygen atoms in total. The molecular formula is C15H26N2O. The monoisotopic (exact) mass is 250 g/mol. The summed E-state index contributed by atoms with van der Waals surface area (Å²) in [7, 11) is 0. The second kappa shape index (κ2) is 7.37. The quantitative estimate of drug-likeness (QED) is 0.752. The molecule has 0 fully saturated rings. The molecule has 0 atom stereocenters. The lowest BCUT2D eigenvalue weighted by Gasteiger charge is -2.20. The van der Waals surface area contributed by atoms with Crippen molar-refractivity contribution in [3.05, 3.63) is 23.9 Å². The third-order valence-electron chi connectivity index (χ3n) is 2.62. The summed E-state index contributed by atoms with van der Waals surface area (Å²) in [5.41, 5.74) is 1.34. The van der Waals surface area contributed by atoms with Crippen LogP contribution >= 0.6 is 0 Å². The number of ether oxygens (including phenoxy) is 1. The summed E-state index contributed by atoms with van der Waals surface area (Å²) in [6, 6.07) is 4.04. The molecule has 0 saturated heterocycles. The van der Waals surface area contributed by atoms with Crippen LogP contribution in [0, 0.1) is 0 Å². The minimum Gasteiger partial charge on any atom is -0.478 e. The molecule has 1 heterocycles. The number of aromatic nitrogens is 1. The first-order chi connectivity index (χ1) is 8.51. The van der Waals surface area contributed by atoms with Crippen LogP contribution in [-0.4, -0.2) is 17.1 Å². The molecule has 0 aliphatic heterocycles. The fourth-order valence-corrected chi connectivity index (χ4v) is 1.54. The second-order valence-electron chi connectivity index (χ2n) is 5.66. The molecule has 0 amide bonds. The van der Waals surface area contributed by atoms with Crippen molar-refractivity contribution in [2.45, 2.75) is 59.0 Å². The highest BCUT2D eigenvalue weighted by atomic mass is 16.5. The van der Waals surface area contributed by atoms with Crippen molar-refractivity contribution in [3.8, 4) is 5.88 Å². The zero-order chi connectivity index (χ0) is 13.4. The predicted molar refractivity (Wildman–Crippen MR) is 75.8 cm³/mol. The molecule has 0 aromatic carbocycles. The second-order valence-corrected chi connectivity index (χ2v) is 5.66. The Labute approximate surface area is 111 Å². The Morgan fingerprint density at radius 3 is 2.72 bits per heavy atom. The highest BCUT2D eigenvalue weighted by Gasteiger charge is 2.08. The first-order valence-corrected chi connectivity index (χ1v) is 6.84. The maximum Gasteiger partial charge on any atom is 0.213 e. The molecule has 0 radical (unpaired) electrons. The van der Waals surface area contributed by atoms with Crippen LogP contribution in [0.2, 0.25) is 0 Å². The minimum absolute atomic E-state index is 0.130. The van der Waals surface area contributed by atoms with Gasteiger partial charge in [0.15, 0.2) is 0 Å². The Kier molecular flexibility index (Phi) is 6.13. The molecule has 18 heavy (non-hydrogen) atoms. The molecule has 1 N–H and O–H groups in total. The molecular weight excluding hydrogens is 224 g/mol. The molecule has 1 rings (SSSR count). The molecule has 0 spiro atoms. The van der Waals surface area contributed by atoms with Crippen molar-refractivity contribution in [1.29, 1.82) is 0 Å². The van der Waals surface area contributed by atoms with E-state index in [1.165, 1.54) is 18.4 Å². The van der Waals surface area contributed by atoms with Crippen LogP contribution in [0.15, 0.2) is 18.3 Å². The lowest BCUT2D eigenvalue weighted by atomic mass is 10.1. The van der Waals surface area contributed by atoms with Crippen molar-refractivity contribution in [2.24, 2.45) is 0 Å². The van der Waals surface area contributed by atoms with Gasteiger partial charge < -0.3 is 10.1 Å². The number of hydrogen-bond donors (Lipinski definition) is 1. The zero-order valence-electron chi connectivity index (χ0n) is 12.1. The smallest absolute Gasteiger partial charge is 0.213 e. The molecule has 1 aromatic heterocycles. The number of pyridine rings is 1. The Morgan fingerprint density at radius 2 is 2.06 bits per heavy atom. The van der Waals surface area contributed by atoms with Crippen molar-refractivity contribution in [1.82, 2.24) is 10.3 Å². The maximum absolute atomic E-state index is 5.64. The van der Waals surface area contributed by atoms with Gasteiger partial charge in [-0.2, -0.15) is 0 Å². The summed E-state index contributed by atoms with van der Waals surface area (Å²) in [6.07, 6.45) is 5.34. The van der Waals surface area contributed by atoms with Gasteiger partial charge in [0, 0.05) is 24.3 Å². The lowest BCUT2D eigenvalue weighted by molar-refractivity contribution is 0.294. The first-order valence-electron chi connectivity index (χ1n) is 6.84. The Bertz CT molecular complexity index is 345. The molecule has 0 saturated carbocycles. The minimum atomic E-state index is 0.130. The van der Waals surface area contributed by atoms with Gasteiger partial charge in [-0.25, -0.2) is 4.98 Å². The average molecular weight is 250 g/mol. The fraction of sp³-hybridized carbons (Fsp3) is 0.667. The maximum atomic E-state index is 5.64. The standard InChI is InChI=1S/C15H26N2O/c1-5-6-7-10-18-14-11-13(8-9-16-14)12-17-15(2,3)4/h8-9,11,17H,5-7,10,12H2,1-4H3. The van der Waals surface area contributed by atoms with Crippen LogP contribution in [0.25, 0.3) is 0 Å². The summed E-state index contributed by atoms with van der Waals surface area (Å²) >= 11 is 0. The Balaban J connectivity index is 2.41. The van der Waals surface area contributed by atoms with E-state index in [4.69, 9.17) is 4.74 Å². The number of nitrogens with zero attached hydrogens (tertiary/aromatic N) is 1. The van der Waals surface area contributed by atoms with Crippen molar-refractivity contribution < 1.29 is 4.74 Å². The fourth-order valence-electron chi connectivity index (χ4n) is 1.54. The normalized spacial score (nSPS) is 11.6.